The lowest BCUT2D eigenvalue weighted by atomic mass is 9.56. The van der Waals surface area contributed by atoms with Crippen molar-refractivity contribution in [1.82, 2.24) is 4.90 Å². The predicted molar refractivity (Wildman–Crippen MR) is 151 cm³/mol. The van der Waals surface area contributed by atoms with E-state index in [9.17, 15) is 14.9 Å². The van der Waals surface area contributed by atoms with Gasteiger partial charge < -0.3 is 10.1 Å². The summed E-state index contributed by atoms with van der Waals surface area (Å²) < 4.78 is 6.44. The largest absolute Gasteiger partial charge is 0.492 e. The maximum Gasteiger partial charge on any atom is 0.269 e. The Morgan fingerprint density at radius 2 is 1.59 bits per heavy atom. The van der Waals surface area contributed by atoms with Gasteiger partial charge in [0.1, 0.15) is 23.3 Å². The third kappa shape index (κ3) is 2.92. The van der Waals surface area contributed by atoms with Crippen molar-refractivity contribution in [1.29, 1.82) is 0 Å². The van der Waals surface area contributed by atoms with E-state index in [4.69, 9.17) is 4.74 Å². The van der Waals surface area contributed by atoms with Gasteiger partial charge in [-0.25, -0.2) is 0 Å². The van der Waals surface area contributed by atoms with Crippen LogP contribution >= 0.6 is 0 Å². The Labute approximate surface area is 235 Å². The lowest BCUT2D eigenvalue weighted by Gasteiger charge is -2.48. The molecule has 1 N–H and O–H groups in total. The van der Waals surface area contributed by atoms with Crippen LogP contribution in [0.3, 0.4) is 0 Å². The van der Waals surface area contributed by atoms with Gasteiger partial charge in [0.2, 0.25) is 0 Å². The second-order valence-electron chi connectivity index (χ2n) is 11.3. The average Bonchev–Trinajstić information content (AvgIpc) is 3.44. The molecule has 202 valence electrons. The molecule has 8 rings (SSSR count). The molecule has 2 spiro atoms. The van der Waals surface area contributed by atoms with Gasteiger partial charge >= 0.3 is 0 Å². The standard InChI is InChI=1S/C33H25N3O5/c37-30-24-9-3-6-12-28(24)41-19-32(30)29(20-13-15-23(16-14-20)36(39)40)27-17-21-7-1-2-8-22(21)18-35(27)33(32)25-10-4-5-11-26(25)34-31(33)38/h1-16,27,29H,17-19H2,(H,34,38)/t27-,29-,32-,33-/m0/s1. The predicted octanol–water partition coefficient (Wildman–Crippen LogP) is 5.23. The van der Waals surface area contributed by atoms with Gasteiger partial charge in [0, 0.05) is 41.9 Å². The first kappa shape index (κ1) is 24.0. The highest BCUT2D eigenvalue weighted by atomic mass is 16.6. The number of amides is 1. The van der Waals surface area contributed by atoms with Crippen LogP contribution in [0.25, 0.3) is 0 Å². The topological polar surface area (TPSA) is 102 Å². The molecule has 4 aromatic rings. The lowest BCUT2D eigenvalue weighted by molar-refractivity contribution is -0.384. The number of ketones is 1. The Hall–Kier alpha value is -4.82. The molecular formula is C33H25N3O5. The van der Waals surface area contributed by atoms with Crippen molar-refractivity contribution in [3.63, 3.8) is 0 Å². The summed E-state index contributed by atoms with van der Waals surface area (Å²) in [4.78, 5) is 43.1. The summed E-state index contributed by atoms with van der Waals surface area (Å²) in [6.45, 7) is 0.471. The number of Topliss-reactive ketones (excluding diaryl/α,β-unsaturated/α-hetero) is 1. The fraction of sp³-hybridized carbons (Fsp3) is 0.212. The number of nitrogens with one attached hydrogen (secondary N) is 1. The van der Waals surface area contributed by atoms with Crippen LogP contribution in [-0.2, 0) is 23.3 Å². The molecule has 0 unspecified atom stereocenters. The molecule has 1 saturated heterocycles. The molecule has 4 aliphatic rings. The third-order valence-electron chi connectivity index (χ3n) is 9.63. The summed E-state index contributed by atoms with van der Waals surface area (Å²) in [5, 5.41) is 14.7. The molecule has 0 radical (unpaired) electrons. The first-order valence-corrected chi connectivity index (χ1v) is 13.7. The normalized spacial score (nSPS) is 27.5. The van der Waals surface area contributed by atoms with Crippen molar-refractivity contribution in [2.45, 2.75) is 30.5 Å². The number of anilines is 1. The number of fused-ring (bicyclic) bond motifs is 7. The molecule has 0 saturated carbocycles. The number of carbonyl (C=O) groups is 2. The molecule has 4 atom stereocenters. The Balaban J connectivity index is 1.46. The highest BCUT2D eigenvalue weighted by molar-refractivity contribution is 6.15. The molecule has 1 amide bonds. The molecule has 0 bridgehead atoms. The maximum absolute atomic E-state index is 15.1. The summed E-state index contributed by atoms with van der Waals surface area (Å²) in [5.74, 6) is -0.383. The van der Waals surface area contributed by atoms with Crippen LogP contribution in [0, 0.1) is 15.5 Å². The van der Waals surface area contributed by atoms with E-state index in [0.29, 0.717) is 30.0 Å². The molecule has 8 nitrogen and oxygen atoms in total. The van der Waals surface area contributed by atoms with Gasteiger partial charge in [-0.2, -0.15) is 0 Å². The van der Waals surface area contributed by atoms with Crippen molar-refractivity contribution in [3.05, 3.63) is 135 Å². The summed E-state index contributed by atoms with van der Waals surface area (Å²) in [7, 11) is 0. The molecule has 8 heteroatoms. The zero-order valence-corrected chi connectivity index (χ0v) is 21.9. The van der Waals surface area contributed by atoms with Gasteiger partial charge in [-0.15, -0.1) is 0 Å². The third-order valence-corrected chi connectivity index (χ3v) is 9.63. The number of nitro groups is 1. The minimum absolute atomic E-state index is 0.00436. The van der Waals surface area contributed by atoms with E-state index >= 15 is 4.79 Å². The minimum Gasteiger partial charge on any atom is -0.492 e. The van der Waals surface area contributed by atoms with Crippen LogP contribution in [0.4, 0.5) is 11.4 Å². The second-order valence-corrected chi connectivity index (χ2v) is 11.3. The zero-order chi connectivity index (χ0) is 27.9. The molecule has 4 aromatic carbocycles. The Morgan fingerprint density at radius 1 is 0.878 bits per heavy atom. The highest BCUT2D eigenvalue weighted by Gasteiger charge is 2.78. The minimum atomic E-state index is -1.36. The van der Waals surface area contributed by atoms with Gasteiger partial charge in [-0.3, -0.25) is 24.6 Å². The second kappa shape index (κ2) is 8.34. The van der Waals surface area contributed by atoms with Crippen molar-refractivity contribution < 1.29 is 19.2 Å². The number of carbonyl (C=O) groups excluding carboxylic acids is 2. The maximum atomic E-state index is 15.1. The smallest absolute Gasteiger partial charge is 0.269 e. The lowest BCUT2D eigenvalue weighted by Crippen LogP contribution is -2.63. The fourth-order valence-corrected chi connectivity index (χ4v) is 8.08. The average molecular weight is 544 g/mol. The summed E-state index contributed by atoms with van der Waals surface area (Å²) >= 11 is 0. The van der Waals surface area contributed by atoms with Crippen molar-refractivity contribution in [3.8, 4) is 5.75 Å². The van der Waals surface area contributed by atoms with Gasteiger partial charge in [0.05, 0.1) is 10.5 Å². The first-order chi connectivity index (χ1) is 20.0. The quantitative estimate of drug-likeness (QED) is 0.275. The molecule has 1 fully saturated rings. The number of nitro benzene ring substituents is 1. The van der Waals surface area contributed by atoms with Crippen LogP contribution in [0.2, 0.25) is 0 Å². The Kier molecular flexibility index (Phi) is 4.89. The van der Waals surface area contributed by atoms with Gasteiger partial charge in [-0.05, 0) is 41.3 Å². The number of benzene rings is 4. The Bertz CT molecular complexity index is 1790. The van der Waals surface area contributed by atoms with E-state index < -0.39 is 21.8 Å². The molecule has 0 aliphatic carbocycles. The van der Waals surface area contributed by atoms with Gasteiger partial charge in [-0.1, -0.05) is 66.7 Å². The van der Waals surface area contributed by atoms with Gasteiger partial charge in [0.25, 0.3) is 11.6 Å². The van der Waals surface area contributed by atoms with E-state index in [1.165, 1.54) is 17.7 Å². The molecular weight excluding hydrogens is 518 g/mol. The summed E-state index contributed by atoms with van der Waals surface area (Å²) in [5.41, 5.74) is 2.21. The fourth-order valence-electron chi connectivity index (χ4n) is 8.08. The molecule has 4 aliphatic heterocycles. The van der Waals surface area contributed by atoms with E-state index in [-0.39, 0.29) is 30.0 Å². The number of hydrogen-bond donors (Lipinski definition) is 1. The molecule has 0 aromatic heterocycles. The van der Waals surface area contributed by atoms with E-state index in [2.05, 4.69) is 22.3 Å². The number of ether oxygens (including phenoxy) is 1. The number of nitrogens with zero attached hydrogens (tertiary/aromatic N) is 2. The number of non-ortho nitro benzene ring substituents is 1. The zero-order valence-electron chi connectivity index (χ0n) is 21.9. The van der Waals surface area contributed by atoms with E-state index in [1.807, 2.05) is 48.5 Å². The first-order valence-electron chi connectivity index (χ1n) is 13.7. The highest BCUT2D eigenvalue weighted by Crippen LogP contribution is 2.68. The van der Waals surface area contributed by atoms with Gasteiger partial charge in [0.15, 0.2) is 5.78 Å². The van der Waals surface area contributed by atoms with Crippen LogP contribution in [0.15, 0.2) is 97.1 Å². The Morgan fingerprint density at radius 3 is 2.39 bits per heavy atom. The molecule has 41 heavy (non-hydrogen) atoms. The SMILES string of the molecule is O=C1Nc2ccccc2[C@]12N1Cc3ccccc3C[C@H]1[C@H](c1ccc([N+](=O)[O-])cc1)[C@]21COc2ccccc2C1=O. The number of rotatable bonds is 2. The van der Waals surface area contributed by atoms with Crippen LogP contribution in [0.1, 0.15) is 38.5 Å². The van der Waals surface area contributed by atoms with E-state index in [0.717, 1.165) is 16.7 Å². The van der Waals surface area contributed by atoms with Crippen molar-refractivity contribution in [2.75, 3.05) is 11.9 Å². The number of para-hydroxylation sites is 2. The van der Waals surface area contributed by atoms with Crippen LogP contribution in [-0.4, -0.2) is 34.2 Å². The van der Waals surface area contributed by atoms with Crippen molar-refractivity contribution >= 4 is 23.1 Å². The van der Waals surface area contributed by atoms with Crippen LogP contribution < -0.4 is 10.1 Å². The molecule has 4 heterocycles. The summed E-state index contributed by atoms with van der Waals surface area (Å²) in [6.07, 6.45) is 0.617. The van der Waals surface area contributed by atoms with Crippen molar-refractivity contribution in [2.24, 2.45) is 5.41 Å². The number of hydrogen-bond acceptors (Lipinski definition) is 6. The summed E-state index contributed by atoms with van der Waals surface area (Å²) in [6, 6.07) is 29.2. The van der Waals surface area contributed by atoms with E-state index in [1.54, 1.807) is 24.3 Å². The monoisotopic (exact) mass is 543 g/mol. The van der Waals surface area contributed by atoms with Crippen LogP contribution in [0.5, 0.6) is 5.75 Å².